The maximum Gasteiger partial charge on any atom is 0.406 e. The summed E-state index contributed by atoms with van der Waals surface area (Å²) in [4.78, 5) is 23.4. The largest absolute Gasteiger partial charge is 0.432 e. The third-order valence-electron chi connectivity index (χ3n) is 3.84. The fourth-order valence-corrected chi connectivity index (χ4v) is 3.66. The van der Waals surface area contributed by atoms with Gasteiger partial charge in [0.2, 0.25) is 0 Å². The summed E-state index contributed by atoms with van der Waals surface area (Å²) in [5, 5.41) is 0. The number of fused-ring (bicyclic) bond motifs is 1. The standard InChI is InChI=1S/C18H14F5N3O2S2/c1-2-26(13-8-7-12-14(25-13)30-16(29)24-12)15(27)10-3-5-11(6-4-10)28-18(22,23)9-17(19,20)21/h3-8H,2,9H2,1H3,(H,24,29). The quantitative estimate of drug-likeness (QED) is 0.384. The summed E-state index contributed by atoms with van der Waals surface area (Å²) in [6.07, 6.45) is -11.9. The molecule has 1 aromatic carbocycles. The van der Waals surface area contributed by atoms with Gasteiger partial charge in [-0.25, -0.2) is 9.97 Å². The van der Waals surface area contributed by atoms with Crippen LogP contribution in [0.25, 0.3) is 10.3 Å². The second kappa shape index (κ2) is 8.34. The Morgan fingerprint density at radius 1 is 1.10 bits per heavy atom. The number of aromatic nitrogens is 2. The topological polar surface area (TPSA) is 55.3 Å². The molecule has 0 saturated carbocycles. The van der Waals surface area contributed by atoms with Crippen LogP contribution in [0, 0.1) is 0 Å². The highest BCUT2D eigenvalue weighted by Gasteiger charge is 2.45. The molecule has 0 aliphatic carbocycles. The van der Waals surface area contributed by atoms with Crippen LogP contribution in [-0.4, -0.2) is 34.7 Å². The molecule has 5 nitrogen and oxygen atoms in total. The van der Waals surface area contributed by atoms with E-state index in [0.717, 1.165) is 12.1 Å². The van der Waals surface area contributed by atoms with Crippen molar-refractivity contribution in [3.8, 4) is 5.75 Å². The number of rotatable bonds is 6. The first-order valence-corrected chi connectivity index (χ1v) is 9.76. The number of thiol groups is 1. The van der Waals surface area contributed by atoms with Gasteiger partial charge in [-0.3, -0.25) is 9.69 Å². The first-order valence-electron chi connectivity index (χ1n) is 8.49. The highest BCUT2D eigenvalue weighted by Crippen LogP contribution is 2.33. The summed E-state index contributed by atoms with van der Waals surface area (Å²) in [6.45, 7) is 2.00. The zero-order valence-electron chi connectivity index (χ0n) is 15.3. The zero-order valence-corrected chi connectivity index (χ0v) is 17.0. The van der Waals surface area contributed by atoms with Gasteiger partial charge in [0, 0.05) is 12.1 Å². The number of carbonyl (C=O) groups excluding carboxylic acids is 1. The number of pyridine rings is 1. The Bertz CT molecular complexity index is 1050. The number of carbonyl (C=O) groups is 1. The summed E-state index contributed by atoms with van der Waals surface area (Å²) < 4.78 is 68.0. The predicted octanol–water partition coefficient (Wildman–Crippen LogP) is 5.57. The van der Waals surface area contributed by atoms with Crippen LogP contribution in [-0.2, 0) is 0 Å². The summed E-state index contributed by atoms with van der Waals surface area (Å²) in [5.74, 6) is -0.591. The minimum atomic E-state index is -5.08. The smallest absolute Gasteiger partial charge is 0.406 e. The third-order valence-corrected chi connectivity index (χ3v) is 4.98. The van der Waals surface area contributed by atoms with E-state index < -0.39 is 30.4 Å². The minimum Gasteiger partial charge on any atom is -0.432 e. The molecule has 0 saturated heterocycles. The lowest BCUT2D eigenvalue weighted by atomic mass is 10.2. The van der Waals surface area contributed by atoms with Gasteiger partial charge in [-0.05, 0) is 43.3 Å². The Morgan fingerprint density at radius 2 is 1.77 bits per heavy atom. The molecule has 0 aliphatic rings. The first-order chi connectivity index (χ1) is 14.0. The van der Waals surface area contributed by atoms with E-state index in [9.17, 15) is 26.7 Å². The number of ether oxygens (including phenoxy) is 1. The Kier molecular flexibility index (Phi) is 6.18. The van der Waals surface area contributed by atoms with E-state index in [4.69, 9.17) is 0 Å². The van der Waals surface area contributed by atoms with Crippen molar-refractivity contribution in [1.29, 1.82) is 0 Å². The van der Waals surface area contributed by atoms with E-state index in [1.54, 1.807) is 19.1 Å². The molecule has 0 atom stereocenters. The van der Waals surface area contributed by atoms with E-state index in [0.29, 0.717) is 20.5 Å². The lowest BCUT2D eigenvalue weighted by Crippen LogP contribution is -2.32. The SMILES string of the molecule is CCN(C(=O)c1ccc(OC(F)(F)CC(F)(F)F)cc1)c1ccc2nc(S)sc2n1. The van der Waals surface area contributed by atoms with Gasteiger partial charge in [0.25, 0.3) is 5.91 Å². The van der Waals surface area contributed by atoms with Crippen molar-refractivity contribution in [3.05, 3.63) is 42.0 Å². The van der Waals surface area contributed by atoms with Gasteiger partial charge in [-0.1, -0.05) is 11.3 Å². The lowest BCUT2D eigenvalue weighted by molar-refractivity contribution is -0.255. The number of benzene rings is 1. The fourth-order valence-electron chi connectivity index (χ4n) is 2.62. The van der Waals surface area contributed by atoms with Crippen LogP contribution in [0.2, 0.25) is 0 Å². The second-order valence-electron chi connectivity index (χ2n) is 6.10. The summed E-state index contributed by atoms with van der Waals surface area (Å²) >= 11 is 5.42. The molecular weight excluding hydrogens is 449 g/mol. The molecule has 0 unspecified atom stereocenters. The van der Waals surface area contributed by atoms with Gasteiger partial charge >= 0.3 is 12.3 Å². The van der Waals surface area contributed by atoms with Crippen LogP contribution in [0.1, 0.15) is 23.7 Å². The number of thiazole rings is 1. The van der Waals surface area contributed by atoms with E-state index in [1.807, 2.05) is 0 Å². The van der Waals surface area contributed by atoms with E-state index in [-0.39, 0.29) is 12.1 Å². The average molecular weight is 463 g/mol. The molecule has 0 spiro atoms. The van der Waals surface area contributed by atoms with Crippen molar-refractivity contribution in [2.24, 2.45) is 0 Å². The highest BCUT2D eigenvalue weighted by molar-refractivity contribution is 7.82. The Hall–Kier alpha value is -2.47. The molecule has 0 N–H and O–H groups in total. The maximum atomic E-state index is 13.4. The number of nitrogens with zero attached hydrogens (tertiary/aromatic N) is 3. The van der Waals surface area contributed by atoms with Crippen molar-refractivity contribution in [2.45, 2.75) is 30.0 Å². The van der Waals surface area contributed by atoms with Crippen molar-refractivity contribution in [3.63, 3.8) is 0 Å². The van der Waals surface area contributed by atoms with Crippen LogP contribution in [0.15, 0.2) is 40.7 Å². The number of anilines is 1. The van der Waals surface area contributed by atoms with Gasteiger partial charge < -0.3 is 4.74 Å². The monoisotopic (exact) mass is 463 g/mol. The number of amides is 1. The van der Waals surface area contributed by atoms with E-state index >= 15 is 0 Å². The average Bonchev–Trinajstić information content (AvgIpc) is 2.99. The Balaban J connectivity index is 1.77. The number of halogens is 5. The summed E-state index contributed by atoms with van der Waals surface area (Å²) in [6, 6.07) is 7.73. The Morgan fingerprint density at radius 3 is 2.37 bits per heavy atom. The number of hydrogen-bond donors (Lipinski definition) is 1. The fraction of sp³-hybridized carbons (Fsp3) is 0.278. The molecule has 30 heavy (non-hydrogen) atoms. The molecule has 2 heterocycles. The number of alkyl halides is 5. The molecular formula is C18H14F5N3O2S2. The minimum absolute atomic E-state index is 0.129. The van der Waals surface area contributed by atoms with Gasteiger partial charge in [0.05, 0.1) is 0 Å². The lowest BCUT2D eigenvalue weighted by Gasteiger charge is -2.21. The maximum absolute atomic E-state index is 13.4. The van der Waals surface area contributed by atoms with E-state index in [1.165, 1.54) is 28.4 Å². The molecule has 3 aromatic rings. The predicted molar refractivity (Wildman–Crippen MR) is 105 cm³/mol. The van der Waals surface area contributed by atoms with Crippen molar-refractivity contribution in [1.82, 2.24) is 9.97 Å². The first kappa shape index (κ1) is 22.2. The van der Waals surface area contributed by atoms with Crippen molar-refractivity contribution >= 4 is 46.0 Å². The second-order valence-corrected chi connectivity index (χ2v) is 7.80. The molecule has 0 bridgehead atoms. The van der Waals surface area contributed by atoms with Gasteiger partial charge in [0.1, 0.15) is 32.7 Å². The molecule has 1 amide bonds. The highest BCUT2D eigenvalue weighted by atomic mass is 32.2. The zero-order chi connectivity index (χ0) is 22.1. The normalized spacial score (nSPS) is 12.2. The van der Waals surface area contributed by atoms with Crippen LogP contribution in [0.5, 0.6) is 5.75 Å². The molecule has 0 fully saturated rings. The van der Waals surface area contributed by atoms with E-state index in [2.05, 4.69) is 27.3 Å². The number of hydrogen-bond acceptors (Lipinski definition) is 6. The molecule has 0 radical (unpaired) electrons. The Labute approximate surface area is 176 Å². The third kappa shape index (κ3) is 5.36. The molecule has 3 rings (SSSR count). The van der Waals surface area contributed by atoms with Crippen molar-refractivity contribution in [2.75, 3.05) is 11.4 Å². The van der Waals surface area contributed by atoms with Crippen molar-refractivity contribution < 1.29 is 31.5 Å². The van der Waals surface area contributed by atoms with Crippen LogP contribution >= 0.6 is 24.0 Å². The molecule has 12 heteroatoms. The summed E-state index contributed by atoms with van der Waals surface area (Å²) in [5.41, 5.74) is 0.767. The molecule has 160 valence electrons. The summed E-state index contributed by atoms with van der Waals surface area (Å²) in [7, 11) is 0. The van der Waals surface area contributed by atoms with Gasteiger partial charge in [-0.2, -0.15) is 22.0 Å². The molecule has 2 aromatic heterocycles. The van der Waals surface area contributed by atoms with Crippen LogP contribution in [0.4, 0.5) is 27.8 Å². The van der Waals surface area contributed by atoms with Gasteiger partial charge in [-0.15, -0.1) is 12.6 Å². The molecule has 0 aliphatic heterocycles. The van der Waals surface area contributed by atoms with Gasteiger partial charge in [0.15, 0.2) is 0 Å². The van der Waals surface area contributed by atoms with Crippen LogP contribution < -0.4 is 9.64 Å². The van der Waals surface area contributed by atoms with Crippen LogP contribution in [0.3, 0.4) is 0 Å².